The second-order valence-electron chi connectivity index (χ2n) is 16.0. The average Bonchev–Trinajstić information content (AvgIpc) is 4.00. The van der Waals surface area contributed by atoms with E-state index < -0.39 is 109 Å². The van der Waals surface area contributed by atoms with E-state index in [-0.39, 0.29) is 34.6 Å². The molecule has 2 aliphatic rings. The minimum Gasteiger partial charge on any atom is -0.410 e. The van der Waals surface area contributed by atoms with Crippen LogP contribution in [0, 0.1) is 11.3 Å². The molecule has 25 heteroatoms. The molecule has 5 aromatic rings. The molecule has 2 fully saturated rings. The lowest BCUT2D eigenvalue weighted by Crippen LogP contribution is -2.49. The summed E-state index contributed by atoms with van der Waals surface area (Å²) in [4.78, 5) is 59.9. The molecule has 4 aromatic heterocycles. The third-order valence-corrected chi connectivity index (χ3v) is 19.2. The van der Waals surface area contributed by atoms with E-state index in [1.165, 1.54) is 17.2 Å². The monoisotopic (exact) mass is 902 g/mol. The van der Waals surface area contributed by atoms with Crippen LogP contribution < -0.4 is 10.9 Å². The maximum absolute atomic E-state index is 16.8. The number of carbonyl (C=O) groups is 1. The number of aromatic nitrogens is 8. The number of anilines is 1. The number of aliphatic hydroxyl groups is 1. The summed E-state index contributed by atoms with van der Waals surface area (Å²) in [6.45, 7) is 7.83. The van der Waals surface area contributed by atoms with E-state index in [4.69, 9.17) is 22.9 Å². The van der Waals surface area contributed by atoms with Crippen molar-refractivity contribution in [1.29, 1.82) is 5.26 Å². The first-order chi connectivity index (χ1) is 29.0. The van der Waals surface area contributed by atoms with Crippen LogP contribution in [0.25, 0.3) is 22.3 Å². The number of hydrogen-bond acceptors (Lipinski definition) is 16. The minimum atomic E-state index is -4.77. The van der Waals surface area contributed by atoms with Crippen molar-refractivity contribution in [2.45, 2.75) is 93.6 Å². The third-order valence-electron chi connectivity index (χ3n) is 11.1. The zero-order chi connectivity index (χ0) is 43.9. The second kappa shape index (κ2) is 17.6. The van der Waals surface area contributed by atoms with Crippen molar-refractivity contribution in [3.8, 4) is 6.07 Å². The maximum atomic E-state index is 16.8. The molecule has 1 amide bonds. The Balaban J connectivity index is 1.23. The number of nitriles is 1. The van der Waals surface area contributed by atoms with E-state index in [1.807, 2.05) is 39.9 Å². The Kier molecular flexibility index (Phi) is 12.9. The lowest BCUT2D eigenvalue weighted by molar-refractivity contribution is -0.0410. The Labute approximate surface area is 349 Å². The Morgan fingerprint density at radius 3 is 2.39 bits per heavy atom. The fraction of sp³-hybridized carbons (Fsp3) is 0.500. The van der Waals surface area contributed by atoms with Gasteiger partial charge >= 0.3 is 7.60 Å². The number of aliphatic hydroxyl groups excluding tert-OH is 1. The van der Waals surface area contributed by atoms with Crippen molar-refractivity contribution in [2.24, 2.45) is 0 Å². The molecule has 2 aliphatic heterocycles. The minimum absolute atomic E-state index is 0.0424. The Hall–Kier alpha value is -4.59. The first-order valence-corrected chi connectivity index (χ1v) is 25.1. The Morgan fingerprint density at radius 2 is 1.72 bits per heavy atom. The molecule has 0 radical (unpaired) electrons. The molecule has 326 valence electrons. The normalized spacial score (nSPS) is 26.0. The highest BCUT2D eigenvalue weighted by Crippen LogP contribution is 2.61. The van der Waals surface area contributed by atoms with E-state index in [1.54, 1.807) is 30.3 Å². The number of alkyl halides is 1. The number of amides is 1. The van der Waals surface area contributed by atoms with Crippen LogP contribution in [0.3, 0.4) is 0 Å². The molecular weight excluding hydrogens is 857 g/mol. The van der Waals surface area contributed by atoms with Gasteiger partial charge in [0.05, 0.1) is 57.4 Å². The van der Waals surface area contributed by atoms with Gasteiger partial charge in [0.2, 0.25) is 0 Å². The molecular formula is C36H45FN10O11P2Si. The topological polar surface area (TPSA) is 281 Å². The fourth-order valence-electron chi connectivity index (χ4n) is 7.05. The molecule has 1 aromatic carbocycles. The molecule has 21 nitrogen and oxygen atoms in total. The number of aromatic amines is 1. The molecule has 4 N–H and O–H groups in total. The molecule has 5 unspecified atom stereocenters. The van der Waals surface area contributed by atoms with Gasteiger partial charge in [0.1, 0.15) is 29.9 Å². The van der Waals surface area contributed by atoms with E-state index in [9.17, 15) is 34.0 Å². The summed E-state index contributed by atoms with van der Waals surface area (Å²) >= 11 is 0. The predicted molar refractivity (Wildman–Crippen MR) is 218 cm³/mol. The zero-order valence-electron chi connectivity index (χ0n) is 33.6. The number of imidazole rings is 2. The van der Waals surface area contributed by atoms with Crippen molar-refractivity contribution in [1.82, 2.24) is 39.0 Å². The van der Waals surface area contributed by atoms with E-state index in [0.717, 1.165) is 17.2 Å². The van der Waals surface area contributed by atoms with E-state index in [0.29, 0.717) is 5.56 Å². The Morgan fingerprint density at radius 1 is 1.05 bits per heavy atom. The van der Waals surface area contributed by atoms with E-state index in [2.05, 4.69) is 35.2 Å². The van der Waals surface area contributed by atoms with Crippen molar-refractivity contribution in [2.75, 3.05) is 25.1 Å². The molecule has 0 saturated carbocycles. The lowest BCUT2D eigenvalue weighted by Gasteiger charge is -2.40. The SMILES string of the molecule is CC(C)(C)[Si](C)(C)O[C@@H]1C(COP(=O)(OCCC#N)[C@@H]2C(CO)OC(n3cnc4c(=O)[nH]cnc43)[C@@H]2F)O[C@H](n2cnc3c(NC(=O)c4ccccc4)ncnc32)[C@@H]1[PH](=O)O. The highest BCUT2D eigenvalue weighted by atomic mass is 31.2. The van der Waals surface area contributed by atoms with Crippen LogP contribution in [0.15, 0.2) is 60.4 Å². The molecule has 0 bridgehead atoms. The number of rotatable bonds is 15. The van der Waals surface area contributed by atoms with Crippen molar-refractivity contribution < 1.29 is 51.3 Å². The van der Waals surface area contributed by atoms with E-state index >= 15 is 4.39 Å². The van der Waals surface area contributed by atoms with Crippen molar-refractivity contribution in [3.63, 3.8) is 0 Å². The summed E-state index contributed by atoms with van der Waals surface area (Å²) in [7, 11) is -11.1. The van der Waals surface area contributed by atoms with Crippen molar-refractivity contribution >= 4 is 58.0 Å². The van der Waals surface area contributed by atoms with Gasteiger partial charge < -0.3 is 43.2 Å². The molecule has 6 heterocycles. The quantitative estimate of drug-likeness (QED) is 0.0654. The van der Waals surface area contributed by atoms with Crippen molar-refractivity contribution in [3.05, 3.63) is 71.6 Å². The zero-order valence-corrected chi connectivity index (χ0v) is 36.5. The largest absolute Gasteiger partial charge is 0.410 e. The lowest BCUT2D eigenvalue weighted by atomic mass is 10.2. The number of halogens is 1. The number of fused-ring (bicyclic) bond motifs is 2. The van der Waals surface area contributed by atoms with Gasteiger partial charge in [-0.25, -0.2) is 29.3 Å². The second-order valence-corrected chi connectivity index (χ2v) is 24.2. The van der Waals surface area contributed by atoms with Gasteiger partial charge in [-0.3, -0.25) is 27.9 Å². The molecule has 2 saturated heterocycles. The van der Waals surface area contributed by atoms with Gasteiger partial charge in [0, 0.05) is 5.56 Å². The smallest absolute Gasteiger partial charge is 0.339 e. The average molecular weight is 903 g/mol. The van der Waals surface area contributed by atoms with Gasteiger partial charge in [-0.1, -0.05) is 39.0 Å². The van der Waals surface area contributed by atoms with Gasteiger partial charge in [-0.15, -0.1) is 0 Å². The molecule has 0 aliphatic carbocycles. The van der Waals surface area contributed by atoms with Gasteiger partial charge in [0.15, 0.2) is 63.1 Å². The highest BCUT2D eigenvalue weighted by molar-refractivity contribution is 7.54. The number of hydrogen-bond donors (Lipinski definition) is 4. The van der Waals surface area contributed by atoms with Crippen LogP contribution in [0.2, 0.25) is 18.1 Å². The number of benzene rings is 1. The number of carbonyl (C=O) groups excluding carboxylic acids is 1. The summed E-state index contributed by atoms with van der Waals surface area (Å²) in [5, 5.41) is 22.0. The van der Waals surface area contributed by atoms with Crippen LogP contribution in [0.1, 0.15) is 50.0 Å². The molecule has 7 rings (SSSR count). The summed E-state index contributed by atoms with van der Waals surface area (Å²) < 4.78 is 78.8. The number of nitrogens with zero attached hydrogens (tertiary/aromatic N) is 8. The van der Waals surface area contributed by atoms with Crippen LogP contribution in [-0.2, 0) is 32.1 Å². The summed E-state index contributed by atoms with van der Waals surface area (Å²) in [5.74, 6) is -0.397. The number of nitrogens with one attached hydrogen (secondary N) is 2. The molecule has 61 heavy (non-hydrogen) atoms. The first-order valence-electron chi connectivity index (χ1n) is 19.2. The highest BCUT2D eigenvalue weighted by Gasteiger charge is 2.59. The summed E-state index contributed by atoms with van der Waals surface area (Å²) in [6, 6.07) is 10.3. The van der Waals surface area contributed by atoms with Crippen LogP contribution in [0.5, 0.6) is 0 Å². The van der Waals surface area contributed by atoms with Crippen LogP contribution >= 0.6 is 15.6 Å². The third kappa shape index (κ3) is 8.62. The van der Waals surface area contributed by atoms with Crippen LogP contribution in [-0.4, -0.2) is 119 Å². The fourth-order valence-corrected chi connectivity index (χ4v) is 11.7. The maximum Gasteiger partial charge on any atom is 0.339 e. The van der Waals surface area contributed by atoms with Gasteiger partial charge in [-0.05, 0) is 30.3 Å². The molecule has 10 atom stereocenters. The number of H-pyrrole nitrogens is 1. The number of ether oxygens (including phenoxy) is 2. The van der Waals surface area contributed by atoms with Crippen LogP contribution in [0.4, 0.5) is 10.2 Å². The predicted octanol–water partition coefficient (Wildman–Crippen LogP) is 4.07. The summed E-state index contributed by atoms with van der Waals surface area (Å²) in [5.41, 5.74) is -3.17. The van der Waals surface area contributed by atoms with Gasteiger partial charge in [0.25, 0.3) is 11.5 Å². The molecule has 0 spiro atoms. The van der Waals surface area contributed by atoms with Gasteiger partial charge in [-0.2, -0.15) is 5.26 Å². The first kappa shape index (κ1) is 44.5. The summed E-state index contributed by atoms with van der Waals surface area (Å²) in [6.07, 6.45) is -4.56. The Bertz CT molecular complexity index is 2570. The standard InChI is InChI=1S/C36H45FN10O11P2Si/c1-36(2,3)61(4,5)58-26-22(57-35(27(26)59(51)52)47-18-43-24-29(39-16-40-30(24)47)45-32(49)20-10-7-6-8-11-20)15-55-60(53,54-13-9-12-38)28-21(14-48)56-34(23(28)37)46-19-44-25-31(46)41-17-42-33(25)50/h6-8,10-11,16-19,21-23,26-28,34-35,48,59H,9,13-15H2,1-5H3,(H,51,52)(H,41,42,50)(H,39,40,45,49)/t21?,22?,23-,26-,27-,28-,34?,35+,60?/m1/s1.